The lowest BCUT2D eigenvalue weighted by molar-refractivity contribution is 0.270. The van der Waals surface area contributed by atoms with Crippen LogP contribution in [-0.2, 0) is 4.74 Å². The summed E-state index contributed by atoms with van der Waals surface area (Å²) in [6.07, 6.45) is 1.68. The predicted octanol–water partition coefficient (Wildman–Crippen LogP) is 4.17. The van der Waals surface area contributed by atoms with Gasteiger partial charge in [-0.2, -0.15) is 0 Å². The van der Waals surface area contributed by atoms with Gasteiger partial charge in [-0.3, -0.25) is 0 Å². The highest BCUT2D eigenvalue weighted by Gasteiger charge is 2.28. The average molecular weight is 266 g/mol. The van der Waals surface area contributed by atoms with Gasteiger partial charge in [0.05, 0.1) is 12.2 Å². The Labute approximate surface area is 101 Å². The van der Waals surface area contributed by atoms with Crippen molar-refractivity contribution in [1.82, 2.24) is 0 Å². The molecule has 6 heteroatoms. The van der Waals surface area contributed by atoms with Crippen molar-refractivity contribution in [3.63, 3.8) is 0 Å². The second-order valence-electron chi connectivity index (χ2n) is 3.45. The number of hydrogen-bond acceptors (Lipinski definition) is 1. The van der Waals surface area contributed by atoms with Gasteiger partial charge in [-0.25, -0.2) is 22.0 Å². The first-order valence-corrected chi connectivity index (χ1v) is 5.26. The molecule has 0 saturated heterocycles. The van der Waals surface area contributed by atoms with E-state index in [0.29, 0.717) is 6.42 Å². The van der Waals surface area contributed by atoms with Crippen molar-refractivity contribution in [3.05, 3.63) is 40.7 Å². The number of halogens is 5. The molecular weight excluding hydrogens is 255 g/mol. The van der Waals surface area contributed by atoms with Crippen molar-refractivity contribution in [3.8, 4) is 0 Å². The third-order valence-corrected chi connectivity index (χ3v) is 2.18. The molecule has 1 aromatic rings. The Morgan fingerprint density at radius 3 is 1.78 bits per heavy atom. The number of hydrogen-bond donors (Lipinski definition) is 0. The van der Waals surface area contributed by atoms with Crippen molar-refractivity contribution >= 4 is 5.76 Å². The highest BCUT2D eigenvalue weighted by molar-refractivity contribution is 5.61. The van der Waals surface area contributed by atoms with Crippen LogP contribution < -0.4 is 0 Å². The maximum atomic E-state index is 13.4. The summed E-state index contributed by atoms with van der Waals surface area (Å²) in [6.45, 7) is 3.23. The Balaban J connectivity index is 3.40. The summed E-state index contributed by atoms with van der Waals surface area (Å²) >= 11 is 0. The molecule has 1 nitrogen and oxygen atoms in total. The molecule has 0 heterocycles. The fraction of sp³-hybridized carbons (Fsp3) is 0.333. The van der Waals surface area contributed by atoms with E-state index in [9.17, 15) is 22.0 Å². The Morgan fingerprint density at radius 1 is 0.944 bits per heavy atom. The highest BCUT2D eigenvalue weighted by atomic mass is 19.2. The minimum atomic E-state index is -2.18. The van der Waals surface area contributed by atoms with Gasteiger partial charge < -0.3 is 4.74 Å². The molecule has 0 spiro atoms. The van der Waals surface area contributed by atoms with Gasteiger partial charge in [0.25, 0.3) is 0 Å². The molecule has 0 aliphatic rings. The molecule has 0 unspecified atom stereocenters. The van der Waals surface area contributed by atoms with Gasteiger partial charge in [-0.05, 0) is 19.4 Å². The third-order valence-electron chi connectivity index (χ3n) is 2.18. The average Bonchev–Trinajstić information content (AvgIpc) is 2.38. The van der Waals surface area contributed by atoms with E-state index in [-0.39, 0.29) is 12.4 Å². The molecule has 0 N–H and O–H groups in total. The predicted molar refractivity (Wildman–Crippen MR) is 56.1 cm³/mol. The number of benzene rings is 1. The second-order valence-corrected chi connectivity index (χ2v) is 3.45. The SMILES string of the molecule is CC=C(OCCC)c1c(F)c(F)c(F)c(F)c1F. The quantitative estimate of drug-likeness (QED) is 0.344. The molecule has 0 aromatic heterocycles. The third kappa shape index (κ3) is 2.47. The summed E-state index contributed by atoms with van der Waals surface area (Å²) in [5, 5.41) is 0. The number of allylic oxidation sites excluding steroid dienone is 1. The van der Waals surface area contributed by atoms with E-state index in [1.165, 1.54) is 6.92 Å². The first-order chi connectivity index (χ1) is 8.45. The zero-order chi connectivity index (χ0) is 13.9. The molecule has 0 aliphatic carbocycles. The van der Waals surface area contributed by atoms with E-state index in [1.807, 2.05) is 0 Å². The Kier molecular flexibility index (Phi) is 4.69. The smallest absolute Gasteiger partial charge is 0.200 e. The summed E-state index contributed by atoms with van der Waals surface area (Å²) in [5.74, 6) is -10.3. The van der Waals surface area contributed by atoms with Crippen LogP contribution in [0.25, 0.3) is 5.76 Å². The summed E-state index contributed by atoms with van der Waals surface area (Å²) < 4.78 is 70.6. The Hall–Kier alpha value is -1.59. The molecule has 0 atom stereocenters. The molecular formula is C12H11F5O. The van der Waals surface area contributed by atoms with Crippen molar-refractivity contribution in [2.24, 2.45) is 0 Å². The van der Waals surface area contributed by atoms with Crippen LogP contribution in [0.2, 0.25) is 0 Å². The van der Waals surface area contributed by atoms with E-state index in [2.05, 4.69) is 0 Å². The standard InChI is InChI=1S/C12H11F5O/c1-3-5-18-6(4-2)7-8(13)10(15)12(17)11(16)9(7)14/h4H,3,5H2,1-2H3. The van der Waals surface area contributed by atoms with E-state index >= 15 is 0 Å². The van der Waals surface area contributed by atoms with Crippen LogP contribution in [0, 0.1) is 29.1 Å². The van der Waals surface area contributed by atoms with Crippen molar-refractivity contribution in [2.75, 3.05) is 6.61 Å². The molecule has 100 valence electrons. The minimum absolute atomic E-state index is 0.110. The zero-order valence-electron chi connectivity index (χ0n) is 9.79. The molecule has 1 aromatic carbocycles. The highest BCUT2D eigenvalue weighted by Crippen LogP contribution is 2.29. The van der Waals surface area contributed by atoms with Crippen LogP contribution in [0.15, 0.2) is 6.08 Å². The van der Waals surface area contributed by atoms with Crippen molar-refractivity contribution in [2.45, 2.75) is 20.3 Å². The summed E-state index contributed by atoms with van der Waals surface area (Å²) in [6, 6.07) is 0. The zero-order valence-corrected chi connectivity index (χ0v) is 9.79. The second kappa shape index (κ2) is 5.84. The van der Waals surface area contributed by atoms with E-state index < -0.39 is 34.6 Å². The van der Waals surface area contributed by atoms with Crippen LogP contribution in [0.5, 0.6) is 0 Å². The lowest BCUT2D eigenvalue weighted by Crippen LogP contribution is -2.08. The van der Waals surface area contributed by atoms with E-state index in [0.717, 1.165) is 6.08 Å². The van der Waals surface area contributed by atoms with Crippen LogP contribution in [0.4, 0.5) is 22.0 Å². The lowest BCUT2D eigenvalue weighted by atomic mass is 10.1. The lowest BCUT2D eigenvalue weighted by Gasteiger charge is -2.12. The van der Waals surface area contributed by atoms with Crippen LogP contribution in [0.3, 0.4) is 0 Å². The maximum Gasteiger partial charge on any atom is 0.200 e. The van der Waals surface area contributed by atoms with Gasteiger partial charge in [0.1, 0.15) is 5.76 Å². The molecule has 0 saturated carbocycles. The molecule has 0 aliphatic heterocycles. The number of rotatable bonds is 4. The maximum absolute atomic E-state index is 13.4. The molecule has 1 rings (SSSR count). The molecule has 0 bridgehead atoms. The molecule has 0 amide bonds. The van der Waals surface area contributed by atoms with Crippen molar-refractivity contribution in [1.29, 1.82) is 0 Å². The van der Waals surface area contributed by atoms with Gasteiger partial charge in [-0.1, -0.05) is 6.92 Å². The van der Waals surface area contributed by atoms with Crippen LogP contribution >= 0.6 is 0 Å². The first kappa shape index (κ1) is 14.5. The van der Waals surface area contributed by atoms with Gasteiger partial charge in [0.2, 0.25) is 5.82 Å². The van der Waals surface area contributed by atoms with Gasteiger partial charge in [0, 0.05) is 0 Å². The number of ether oxygens (including phenoxy) is 1. The summed E-state index contributed by atoms with van der Waals surface area (Å²) in [5.41, 5.74) is -1.04. The summed E-state index contributed by atoms with van der Waals surface area (Å²) in [7, 11) is 0. The topological polar surface area (TPSA) is 9.23 Å². The Morgan fingerprint density at radius 2 is 1.39 bits per heavy atom. The van der Waals surface area contributed by atoms with Gasteiger partial charge >= 0.3 is 0 Å². The van der Waals surface area contributed by atoms with E-state index in [1.54, 1.807) is 6.92 Å². The first-order valence-electron chi connectivity index (χ1n) is 5.26. The van der Waals surface area contributed by atoms with Gasteiger partial charge in [-0.15, -0.1) is 0 Å². The van der Waals surface area contributed by atoms with E-state index in [4.69, 9.17) is 4.74 Å². The van der Waals surface area contributed by atoms with Crippen LogP contribution in [0.1, 0.15) is 25.8 Å². The van der Waals surface area contributed by atoms with Crippen LogP contribution in [-0.4, -0.2) is 6.61 Å². The van der Waals surface area contributed by atoms with Gasteiger partial charge in [0.15, 0.2) is 23.3 Å². The summed E-state index contributed by atoms with van der Waals surface area (Å²) in [4.78, 5) is 0. The normalized spacial score (nSPS) is 11.8. The molecule has 18 heavy (non-hydrogen) atoms. The molecule has 0 radical (unpaired) electrons. The fourth-order valence-electron chi connectivity index (χ4n) is 1.33. The largest absolute Gasteiger partial charge is 0.493 e. The monoisotopic (exact) mass is 266 g/mol. The Bertz CT molecular complexity index is 453. The minimum Gasteiger partial charge on any atom is -0.493 e. The molecule has 0 fully saturated rings. The fourth-order valence-corrected chi connectivity index (χ4v) is 1.33. The van der Waals surface area contributed by atoms with Crippen molar-refractivity contribution < 1.29 is 26.7 Å².